The molecule has 402 valence electrons. The number of aromatic nitrogens is 11. The second-order valence-electron chi connectivity index (χ2n) is 14.7. The largest absolute Gasteiger partial charge is 1.00 e. The van der Waals surface area contributed by atoms with E-state index in [1.165, 1.54) is 116 Å². The fraction of sp³-hybridized carbons (Fsp3) is 0.286. The van der Waals surface area contributed by atoms with E-state index in [0.717, 1.165) is 0 Å². The van der Waals surface area contributed by atoms with Crippen molar-refractivity contribution in [2.45, 2.75) is 72.6 Å². The number of carbonyl (C=O) groups excluding carboxylic acids is 2. The van der Waals surface area contributed by atoms with Gasteiger partial charge in [0.25, 0.3) is 0 Å². The Morgan fingerprint density at radius 3 is 1.17 bits per heavy atom. The summed E-state index contributed by atoms with van der Waals surface area (Å²) in [6.45, 7) is 6.98. The summed E-state index contributed by atoms with van der Waals surface area (Å²) in [7, 11) is 2.56. The van der Waals surface area contributed by atoms with E-state index in [1.807, 2.05) is 12.3 Å². The van der Waals surface area contributed by atoms with Gasteiger partial charge in [-0.05, 0) is 24.3 Å². The maximum atomic E-state index is 11.5. The van der Waals surface area contributed by atoms with E-state index >= 15 is 0 Å². The first kappa shape index (κ1) is 71.9. The van der Waals surface area contributed by atoms with Crippen molar-refractivity contribution in [3.05, 3.63) is 156 Å². The van der Waals surface area contributed by atoms with E-state index in [2.05, 4.69) is 98.3 Å². The number of methoxy groups -OCH3 is 2. The molecule has 0 saturated heterocycles. The smallest absolute Gasteiger partial charge is 0.870 e. The zero-order valence-corrected chi connectivity index (χ0v) is 48.9. The number of aromatic carboxylic acids is 2. The van der Waals surface area contributed by atoms with Gasteiger partial charge in [0.15, 0.2) is 33.1 Å². The van der Waals surface area contributed by atoms with Crippen molar-refractivity contribution in [1.29, 1.82) is 0 Å². The van der Waals surface area contributed by atoms with Gasteiger partial charge in [0.2, 0.25) is 0 Å². The van der Waals surface area contributed by atoms with E-state index in [4.69, 9.17) is 47.5 Å². The average Bonchev–Trinajstić information content (AvgIpc) is 3.44. The quantitative estimate of drug-likeness (QED) is 0.0710. The zero-order chi connectivity index (χ0) is 53.9. The van der Waals surface area contributed by atoms with Crippen LogP contribution in [0, 0.1) is 0 Å². The van der Waals surface area contributed by atoms with Crippen LogP contribution in [0.1, 0.15) is 101 Å². The first-order chi connectivity index (χ1) is 35.4. The molecule has 0 radical (unpaired) electrons. The van der Waals surface area contributed by atoms with Gasteiger partial charge in [-0.1, -0.05) is 35.3 Å². The monoisotopic (exact) mass is 1210 g/mol. The molecule has 0 spiro atoms. The standard InChI is InChI=1S/C11H9N3O2.C10H7N3O2.C6H5ClN2O2.C5H3ClN2O2.C5H4N.3C4H9.F2.FH.Na.H2O.Sn/c1-16-11(15)10-9(13-6-7-14-10)8-4-2-3-5-12-8;14-10(15)9-8(12-5-6-13-9)7-3-1-2-4-11-7;1-11-6(10)4-5(7)9-3-2-8-4;6-4-3(5(9)10)7-1-2-8-4;1-2-4-6-5-3-1;3*1-3-4-2;1-2;;;;/h2-7H,1H3;1-6H,(H,14,15);2-3H,1H3;1-2H,(H,9,10);1-4H;3*1,3-4H2,2H3;;1H;;1H2;/q;;;;;;;;;;+1;;/p-1. The fourth-order valence-electron chi connectivity index (χ4n) is 6.46. The summed E-state index contributed by atoms with van der Waals surface area (Å²) >= 11 is 8.68. The van der Waals surface area contributed by atoms with Crippen LogP contribution in [0.15, 0.2) is 123 Å². The molecule has 0 amide bonds. The number of carboxylic acid groups (broad SMARTS) is 2. The van der Waals surface area contributed by atoms with Gasteiger partial charge >= 0.3 is 178 Å². The minimum absolute atomic E-state index is 0. The van der Waals surface area contributed by atoms with Crippen LogP contribution in [-0.4, -0.2) is 127 Å². The van der Waals surface area contributed by atoms with Crippen molar-refractivity contribution in [2.24, 2.45) is 0 Å². The van der Waals surface area contributed by atoms with Crippen molar-refractivity contribution >= 4 is 69.2 Å². The number of nitrogens with zero attached hydrogens (tertiary/aromatic N) is 11. The third-order valence-electron chi connectivity index (χ3n) is 9.92. The summed E-state index contributed by atoms with van der Waals surface area (Å²) < 4.78 is 31.1. The van der Waals surface area contributed by atoms with Gasteiger partial charge in [0.1, 0.15) is 11.4 Å². The molecule has 0 bridgehead atoms. The van der Waals surface area contributed by atoms with Gasteiger partial charge in [-0.25, -0.2) is 49.1 Å². The summed E-state index contributed by atoms with van der Waals surface area (Å²) in [5, 5.41) is 17.2. The average molecular weight is 1210 g/mol. The van der Waals surface area contributed by atoms with Crippen molar-refractivity contribution in [3.63, 3.8) is 0 Å². The molecule has 3 N–H and O–H groups in total. The van der Waals surface area contributed by atoms with Crippen molar-refractivity contribution in [2.75, 3.05) is 14.2 Å². The van der Waals surface area contributed by atoms with Gasteiger partial charge in [-0.3, -0.25) is 24.6 Å². The van der Waals surface area contributed by atoms with Gasteiger partial charge in [0, 0.05) is 71.1 Å². The molecule has 0 unspecified atom stereocenters. The number of halogens is 5. The van der Waals surface area contributed by atoms with Gasteiger partial charge < -0.3 is 25.2 Å². The third kappa shape index (κ3) is 24.6. The Kier molecular flexibility index (Phi) is 39.7. The Morgan fingerprint density at radius 1 is 0.487 bits per heavy atom. The summed E-state index contributed by atoms with van der Waals surface area (Å²) in [5.41, 5.74) is 1.71. The van der Waals surface area contributed by atoms with Crippen molar-refractivity contribution < 1.29 is 87.8 Å². The number of hydrogen-bond acceptors (Lipinski definition) is 18. The second kappa shape index (κ2) is 42.0. The maximum Gasteiger partial charge on any atom is 1.00 e. The third-order valence-corrected chi connectivity index (χ3v) is 25.6. The number of rotatable bonds is 16. The molecule has 0 aliphatic heterocycles. The molecule has 0 atom stereocenters. The number of carbonyl (C=O) groups is 4. The van der Waals surface area contributed by atoms with E-state index in [9.17, 15) is 19.2 Å². The number of pyridine rings is 3. The van der Waals surface area contributed by atoms with Crippen LogP contribution in [0.3, 0.4) is 0 Å². The molecule has 27 heteroatoms. The normalized spacial score (nSPS) is 9.59. The van der Waals surface area contributed by atoms with E-state index in [1.54, 1.807) is 46.4 Å². The number of ether oxygens (including phenoxy) is 2. The van der Waals surface area contributed by atoms with Gasteiger partial charge in [0.05, 0.1) is 25.6 Å². The first-order valence-corrected chi connectivity index (χ1v) is 30.7. The molecule has 7 rings (SSSR count). The van der Waals surface area contributed by atoms with Crippen LogP contribution in [-0.2, 0) is 9.47 Å². The maximum absolute atomic E-state index is 11.5. The SMILES string of the molecule is CCC[CH2][Sn]([CH2]CCC)([CH2]CCC)[c]1ccccn1.COC(=O)c1nccnc1-c1ccccn1.COC(=O)c1nccnc1Cl.F.FF.O=C(O)c1nccnc1-c1ccccn1.O=C(O)c1nccnc1Cl.[Na+].[OH-]. The van der Waals surface area contributed by atoms with Gasteiger partial charge in [-0.2, -0.15) is 0 Å². The molecule has 0 aliphatic carbocycles. The molecular weight excluding hydrogens is 1160 g/mol. The van der Waals surface area contributed by atoms with E-state index < -0.39 is 42.3 Å². The zero-order valence-electron chi connectivity index (χ0n) is 42.5. The summed E-state index contributed by atoms with van der Waals surface area (Å²) in [6.07, 6.45) is 24.6. The van der Waals surface area contributed by atoms with Crippen LogP contribution in [0.4, 0.5) is 13.9 Å². The second-order valence-corrected chi connectivity index (χ2v) is 28.5. The molecule has 0 fully saturated rings. The van der Waals surface area contributed by atoms with Gasteiger partial charge in [-0.15, -0.1) is 0 Å². The number of unbranched alkanes of at least 4 members (excludes halogenated alkanes) is 3. The number of carboxylic acids is 2. The van der Waals surface area contributed by atoms with Crippen molar-refractivity contribution in [3.8, 4) is 22.8 Å². The molecule has 7 aromatic heterocycles. The van der Waals surface area contributed by atoms with Crippen LogP contribution in [0.25, 0.3) is 22.8 Å². The molecule has 7 heterocycles. The van der Waals surface area contributed by atoms with Crippen LogP contribution in [0.5, 0.6) is 0 Å². The molecular formula is C49H57Cl2F3N11NaO9Sn. The number of hydrogen-bond donors (Lipinski definition) is 2. The van der Waals surface area contributed by atoms with Crippen LogP contribution < -0.4 is 33.3 Å². The summed E-state index contributed by atoms with van der Waals surface area (Å²) in [4.78, 5) is 86.4. The predicted molar refractivity (Wildman–Crippen MR) is 277 cm³/mol. The Balaban J connectivity index is 0. The Morgan fingerprint density at radius 2 is 0.829 bits per heavy atom. The van der Waals surface area contributed by atoms with E-state index in [0.29, 0.717) is 17.1 Å². The fourth-order valence-corrected chi connectivity index (χ4v) is 22.3. The molecule has 0 aliphatic rings. The summed E-state index contributed by atoms with van der Waals surface area (Å²) in [6, 6.07) is 17.2. The topological polar surface area (TPSA) is 299 Å². The Hall–Kier alpha value is -6.22. The minimum Gasteiger partial charge on any atom is -0.870 e. The Bertz CT molecular complexity index is 2710. The van der Waals surface area contributed by atoms with E-state index in [-0.39, 0.29) is 78.5 Å². The molecule has 20 nitrogen and oxygen atoms in total. The van der Waals surface area contributed by atoms with Crippen LogP contribution in [0.2, 0.25) is 23.6 Å². The molecule has 0 aromatic carbocycles. The summed E-state index contributed by atoms with van der Waals surface area (Å²) in [5.74, 6) is -3.38. The molecule has 76 heavy (non-hydrogen) atoms. The molecule has 7 aromatic rings. The minimum atomic E-state index is -2.21. The molecule has 0 saturated carbocycles. The Labute approximate surface area is 473 Å². The van der Waals surface area contributed by atoms with Crippen LogP contribution >= 0.6 is 23.2 Å². The number of esters is 2. The first-order valence-electron chi connectivity index (χ1n) is 22.4. The predicted octanol–water partition coefficient (Wildman–Crippen LogP) is 7.26. The van der Waals surface area contributed by atoms with Crippen molar-refractivity contribution in [1.82, 2.24) is 54.8 Å².